The second kappa shape index (κ2) is 6.93. The lowest BCUT2D eigenvalue weighted by molar-refractivity contribution is 0.0698. The molecule has 1 saturated heterocycles. The summed E-state index contributed by atoms with van der Waals surface area (Å²) in [5, 5.41) is 0. The SMILES string of the molecule is O=C(c1ccc[nH]1)N1CCCC(c2nccn2Cc2ccccn2)C1. The highest BCUT2D eigenvalue weighted by atomic mass is 16.2. The van der Waals surface area contributed by atoms with Gasteiger partial charge in [-0.05, 0) is 37.1 Å². The van der Waals surface area contributed by atoms with Gasteiger partial charge in [0.05, 0.1) is 12.2 Å². The van der Waals surface area contributed by atoms with E-state index in [1.807, 2.05) is 53.8 Å². The molecule has 3 aromatic rings. The first-order valence-corrected chi connectivity index (χ1v) is 8.65. The van der Waals surface area contributed by atoms with Gasteiger partial charge in [0.15, 0.2) is 0 Å². The van der Waals surface area contributed by atoms with Crippen molar-refractivity contribution in [1.29, 1.82) is 0 Å². The second-order valence-corrected chi connectivity index (χ2v) is 6.41. The van der Waals surface area contributed by atoms with E-state index in [9.17, 15) is 4.79 Å². The van der Waals surface area contributed by atoms with Crippen LogP contribution in [0.3, 0.4) is 0 Å². The molecule has 4 rings (SSSR count). The molecule has 1 unspecified atom stereocenters. The third kappa shape index (κ3) is 3.33. The van der Waals surface area contributed by atoms with Crippen LogP contribution in [0, 0.1) is 0 Å². The van der Waals surface area contributed by atoms with E-state index in [1.54, 1.807) is 6.20 Å². The van der Waals surface area contributed by atoms with Crippen molar-refractivity contribution in [1.82, 2.24) is 24.4 Å². The predicted octanol–water partition coefficient (Wildman–Crippen LogP) is 2.67. The van der Waals surface area contributed by atoms with Crippen molar-refractivity contribution in [3.63, 3.8) is 0 Å². The van der Waals surface area contributed by atoms with Crippen LogP contribution >= 0.6 is 0 Å². The number of imidazole rings is 1. The second-order valence-electron chi connectivity index (χ2n) is 6.41. The van der Waals surface area contributed by atoms with E-state index in [4.69, 9.17) is 0 Å². The van der Waals surface area contributed by atoms with Gasteiger partial charge < -0.3 is 14.5 Å². The summed E-state index contributed by atoms with van der Waals surface area (Å²) in [5.74, 6) is 1.36. The number of piperidine rings is 1. The molecular formula is C19H21N5O. The molecule has 1 amide bonds. The minimum absolute atomic E-state index is 0.0672. The number of carbonyl (C=O) groups excluding carboxylic acids is 1. The fourth-order valence-corrected chi connectivity index (χ4v) is 3.49. The fraction of sp³-hybridized carbons (Fsp3) is 0.316. The Bertz CT molecular complexity index is 825. The van der Waals surface area contributed by atoms with Crippen LogP contribution < -0.4 is 0 Å². The van der Waals surface area contributed by atoms with Gasteiger partial charge in [0.2, 0.25) is 0 Å². The maximum absolute atomic E-state index is 12.6. The Hall–Kier alpha value is -2.89. The smallest absolute Gasteiger partial charge is 0.270 e. The van der Waals surface area contributed by atoms with Crippen molar-refractivity contribution < 1.29 is 4.79 Å². The molecular weight excluding hydrogens is 314 g/mol. The number of hydrogen-bond acceptors (Lipinski definition) is 3. The van der Waals surface area contributed by atoms with Crippen LogP contribution in [0.25, 0.3) is 0 Å². The third-order valence-electron chi connectivity index (χ3n) is 4.71. The molecule has 25 heavy (non-hydrogen) atoms. The summed E-state index contributed by atoms with van der Waals surface area (Å²) in [4.78, 5) is 26.5. The summed E-state index contributed by atoms with van der Waals surface area (Å²) >= 11 is 0. The van der Waals surface area contributed by atoms with E-state index in [2.05, 4.69) is 19.5 Å². The number of pyridine rings is 1. The highest BCUT2D eigenvalue weighted by molar-refractivity contribution is 5.92. The molecule has 0 aliphatic carbocycles. The van der Waals surface area contributed by atoms with Crippen molar-refractivity contribution in [3.05, 3.63) is 72.3 Å². The van der Waals surface area contributed by atoms with Crippen molar-refractivity contribution >= 4 is 5.91 Å². The van der Waals surface area contributed by atoms with Crippen LogP contribution in [0.5, 0.6) is 0 Å². The zero-order valence-electron chi connectivity index (χ0n) is 14.0. The summed E-state index contributed by atoms with van der Waals surface area (Å²) in [7, 11) is 0. The average molecular weight is 335 g/mol. The van der Waals surface area contributed by atoms with Gasteiger partial charge in [-0.3, -0.25) is 9.78 Å². The lowest BCUT2D eigenvalue weighted by Crippen LogP contribution is -2.40. The van der Waals surface area contributed by atoms with Gasteiger partial charge in [-0.2, -0.15) is 0 Å². The van der Waals surface area contributed by atoms with Gasteiger partial charge >= 0.3 is 0 Å². The summed E-state index contributed by atoms with van der Waals surface area (Å²) < 4.78 is 2.15. The minimum Gasteiger partial charge on any atom is -0.357 e. The van der Waals surface area contributed by atoms with E-state index in [0.29, 0.717) is 18.8 Å². The molecule has 1 aliphatic heterocycles. The number of carbonyl (C=O) groups is 1. The first-order valence-electron chi connectivity index (χ1n) is 8.65. The number of rotatable bonds is 4. The quantitative estimate of drug-likeness (QED) is 0.797. The molecule has 0 saturated carbocycles. The Morgan fingerprint density at radius 2 is 2.16 bits per heavy atom. The number of hydrogen-bond donors (Lipinski definition) is 1. The normalized spacial score (nSPS) is 17.6. The zero-order chi connectivity index (χ0) is 17.1. The summed E-state index contributed by atoms with van der Waals surface area (Å²) in [5.41, 5.74) is 1.66. The van der Waals surface area contributed by atoms with Gasteiger partial charge in [-0.1, -0.05) is 6.07 Å². The molecule has 1 fully saturated rings. The topological polar surface area (TPSA) is 66.8 Å². The number of nitrogens with one attached hydrogen (secondary N) is 1. The highest BCUT2D eigenvalue weighted by Crippen LogP contribution is 2.27. The largest absolute Gasteiger partial charge is 0.357 e. The molecule has 3 aromatic heterocycles. The standard InChI is InChI=1S/C19H21N5O/c25-19(17-7-3-9-21-17)24-11-4-5-15(13-24)18-22-10-12-23(18)14-16-6-1-2-8-20-16/h1-3,6-10,12,15,21H,4-5,11,13-14H2. The summed E-state index contributed by atoms with van der Waals surface area (Å²) in [6.45, 7) is 2.21. The molecule has 4 heterocycles. The lowest BCUT2D eigenvalue weighted by Gasteiger charge is -2.32. The number of aromatic nitrogens is 4. The molecule has 128 valence electrons. The average Bonchev–Trinajstić information content (AvgIpc) is 3.34. The van der Waals surface area contributed by atoms with E-state index < -0.39 is 0 Å². The maximum Gasteiger partial charge on any atom is 0.270 e. The van der Waals surface area contributed by atoms with Crippen molar-refractivity contribution in [2.75, 3.05) is 13.1 Å². The van der Waals surface area contributed by atoms with Gasteiger partial charge in [0.25, 0.3) is 5.91 Å². The molecule has 1 atom stereocenters. The minimum atomic E-state index is 0.0672. The summed E-state index contributed by atoms with van der Waals surface area (Å²) in [6.07, 6.45) is 9.47. The van der Waals surface area contributed by atoms with Crippen molar-refractivity contribution in [2.45, 2.75) is 25.3 Å². The lowest BCUT2D eigenvalue weighted by atomic mass is 9.96. The van der Waals surface area contributed by atoms with Gasteiger partial charge in [0.1, 0.15) is 11.5 Å². The maximum atomic E-state index is 12.6. The Kier molecular flexibility index (Phi) is 4.33. The van der Waals surface area contributed by atoms with Crippen LogP contribution in [0.15, 0.2) is 55.1 Å². The molecule has 6 nitrogen and oxygen atoms in total. The highest BCUT2D eigenvalue weighted by Gasteiger charge is 2.28. The molecule has 0 spiro atoms. The Morgan fingerprint density at radius 1 is 1.20 bits per heavy atom. The van der Waals surface area contributed by atoms with E-state index in [1.165, 1.54) is 0 Å². The number of nitrogens with zero attached hydrogens (tertiary/aromatic N) is 4. The number of H-pyrrole nitrogens is 1. The van der Waals surface area contributed by atoms with E-state index in [0.717, 1.165) is 30.9 Å². The Labute approximate surface area is 146 Å². The van der Waals surface area contributed by atoms with Crippen LogP contribution in [-0.2, 0) is 6.54 Å². The van der Waals surface area contributed by atoms with Gasteiger partial charge in [-0.15, -0.1) is 0 Å². The number of amides is 1. The number of aromatic amines is 1. The Balaban J connectivity index is 1.50. The van der Waals surface area contributed by atoms with Gasteiger partial charge in [0, 0.05) is 43.8 Å². The number of likely N-dealkylation sites (tertiary alicyclic amines) is 1. The molecule has 0 bridgehead atoms. The molecule has 6 heteroatoms. The molecule has 1 N–H and O–H groups in total. The molecule has 0 radical (unpaired) electrons. The first-order chi connectivity index (χ1) is 12.3. The van der Waals surface area contributed by atoms with Gasteiger partial charge in [-0.25, -0.2) is 4.98 Å². The summed E-state index contributed by atoms with van der Waals surface area (Å²) in [6, 6.07) is 9.62. The van der Waals surface area contributed by atoms with Crippen LogP contribution in [0.4, 0.5) is 0 Å². The first kappa shape index (κ1) is 15.6. The van der Waals surface area contributed by atoms with Crippen LogP contribution in [0.2, 0.25) is 0 Å². The zero-order valence-corrected chi connectivity index (χ0v) is 14.0. The fourth-order valence-electron chi connectivity index (χ4n) is 3.49. The van der Waals surface area contributed by atoms with Crippen molar-refractivity contribution in [2.24, 2.45) is 0 Å². The molecule has 0 aromatic carbocycles. The van der Waals surface area contributed by atoms with Crippen LogP contribution in [-0.4, -0.2) is 43.4 Å². The third-order valence-corrected chi connectivity index (χ3v) is 4.71. The van der Waals surface area contributed by atoms with Crippen LogP contribution in [0.1, 0.15) is 40.8 Å². The van der Waals surface area contributed by atoms with E-state index in [-0.39, 0.29) is 11.8 Å². The van der Waals surface area contributed by atoms with E-state index >= 15 is 0 Å². The van der Waals surface area contributed by atoms with Crippen molar-refractivity contribution in [3.8, 4) is 0 Å². The Morgan fingerprint density at radius 3 is 2.96 bits per heavy atom. The monoisotopic (exact) mass is 335 g/mol. The molecule has 1 aliphatic rings. The predicted molar refractivity (Wildman–Crippen MR) is 94.2 cm³/mol.